The van der Waals surface area contributed by atoms with Gasteiger partial charge < -0.3 is 9.47 Å². The van der Waals surface area contributed by atoms with E-state index in [2.05, 4.69) is 9.47 Å². The van der Waals surface area contributed by atoms with E-state index >= 15 is 0 Å². The molecule has 0 aliphatic rings. The summed E-state index contributed by atoms with van der Waals surface area (Å²) in [6.45, 7) is -0.835. The molecule has 3 N–H and O–H groups in total. The first kappa shape index (κ1) is 15.2. The molecule has 0 unspecified atom stereocenters. The number of hydrogen-bond acceptors (Lipinski definition) is 4. The first-order valence-corrected chi connectivity index (χ1v) is 5.00. The molecular weight excluding hydrogens is 272 g/mol. The third kappa shape index (κ3) is 4.07. The van der Waals surface area contributed by atoms with Gasteiger partial charge in [-0.2, -0.15) is 8.78 Å². The van der Waals surface area contributed by atoms with Gasteiger partial charge in [-0.25, -0.2) is 14.6 Å². The molecular formula is C10H10F4N2O3. The average Bonchev–Trinajstić information content (AvgIpc) is 2.39. The van der Waals surface area contributed by atoms with Crippen molar-refractivity contribution >= 4 is 5.91 Å². The van der Waals surface area contributed by atoms with Crippen molar-refractivity contribution in [3.8, 4) is 5.75 Å². The number of rotatable bonds is 6. The molecule has 0 atom stereocenters. The Kier molecular flexibility index (Phi) is 5.52. The summed E-state index contributed by atoms with van der Waals surface area (Å²) < 4.78 is 60.9. The predicted molar refractivity (Wildman–Crippen MR) is 54.7 cm³/mol. The van der Waals surface area contributed by atoms with Crippen LogP contribution in [0.2, 0.25) is 0 Å². The minimum absolute atomic E-state index is 0.0595. The molecule has 5 nitrogen and oxygen atoms in total. The molecule has 0 radical (unpaired) electrons. The van der Waals surface area contributed by atoms with E-state index in [9.17, 15) is 22.4 Å². The Hall–Kier alpha value is -1.87. The lowest BCUT2D eigenvalue weighted by molar-refractivity contribution is -0.122. The van der Waals surface area contributed by atoms with Crippen LogP contribution in [0.15, 0.2) is 6.07 Å². The zero-order chi connectivity index (χ0) is 14.4. The molecule has 1 aromatic carbocycles. The number of amides is 1. The second-order valence-electron chi connectivity index (χ2n) is 3.29. The van der Waals surface area contributed by atoms with Crippen LogP contribution in [-0.2, 0) is 9.53 Å². The molecule has 106 valence electrons. The molecule has 9 heteroatoms. The van der Waals surface area contributed by atoms with E-state index in [1.165, 1.54) is 0 Å². The molecule has 1 aromatic rings. The van der Waals surface area contributed by atoms with Crippen LogP contribution in [-0.4, -0.2) is 19.3 Å². The van der Waals surface area contributed by atoms with E-state index in [0.717, 1.165) is 0 Å². The van der Waals surface area contributed by atoms with Gasteiger partial charge in [0.05, 0.1) is 13.0 Å². The van der Waals surface area contributed by atoms with E-state index in [1.807, 2.05) is 5.43 Å². The minimum Gasteiger partial charge on any atom is -0.461 e. The maximum Gasteiger partial charge on any atom is 0.236 e. The van der Waals surface area contributed by atoms with E-state index in [4.69, 9.17) is 5.84 Å². The number of ether oxygens (including phenoxy) is 2. The first-order valence-electron chi connectivity index (χ1n) is 5.00. The number of nitrogens with one attached hydrogen (secondary N) is 1. The average molecular weight is 282 g/mol. The molecule has 1 amide bonds. The van der Waals surface area contributed by atoms with Crippen LogP contribution in [0.25, 0.3) is 0 Å². The SMILES string of the molecule is NNC(=O)CCOCOc1c(F)c(F)cc(F)c1F. The van der Waals surface area contributed by atoms with Gasteiger partial charge in [0.2, 0.25) is 17.5 Å². The number of carbonyl (C=O) groups is 1. The summed E-state index contributed by atoms with van der Waals surface area (Å²) in [6.07, 6.45) is -0.109. The highest BCUT2D eigenvalue weighted by Gasteiger charge is 2.20. The van der Waals surface area contributed by atoms with Gasteiger partial charge in [0, 0.05) is 6.07 Å². The number of nitrogens with two attached hydrogens (primary N) is 1. The van der Waals surface area contributed by atoms with Gasteiger partial charge in [0.15, 0.2) is 24.2 Å². The second kappa shape index (κ2) is 6.90. The van der Waals surface area contributed by atoms with Gasteiger partial charge >= 0.3 is 0 Å². The highest BCUT2D eigenvalue weighted by Crippen LogP contribution is 2.26. The van der Waals surface area contributed by atoms with Gasteiger partial charge in [0.25, 0.3) is 0 Å². The smallest absolute Gasteiger partial charge is 0.236 e. The van der Waals surface area contributed by atoms with E-state index in [-0.39, 0.29) is 19.1 Å². The van der Waals surface area contributed by atoms with Crippen molar-refractivity contribution in [3.63, 3.8) is 0 Å². The van der Waals surface area contributed by atoms with E-state index < -0.39 is 41.7 Å². The topological polar surface area (TPSA) is 73.6 Å². The number of halogens is 4. The van der Waals surface area contributed by atoms with Crippen molar-refractivity contribution in [1.29, 1.82) is 0 Å². The maximum atomic E-state index is 13.1. The van der Waals surface area contributed by atoms with Gasteiger partial charge in [-0.1, -0.05) is 0 Å². The van der Waals surface area contributed by atoms with Crippen molar-refractivity contribution in [3.05, 3.63) is 29.3 Å². The molecule has 0 bridgehead atoms. The van der Waals surface area contributed by atoms with Gasteiger partial charge in [-0.05, 0) is 0 Å². The van der Waals surface area contributed by atoms with Crippen LogP contribution in [0.1, 0.15) is 6.42 Å². The van der Waals surface area contributed by atoms with Crippen LogP contribution in [0, 0.1) is 23.3 Å². The summed E-state index contributed by atoms with van der Waals surface area (Å²) in [5.41, 5.74) is 1.83. The monoisotopic (exact) mass is 282 g/mol. The zero-order valence-electron chi connectivity index (χ0n) is 9.51. The standard InChI is InChI=1S/C10H10F4N2O3/c11-5-3-6(12)9(14)10(8(5)13)19-4-18-2-1-7(17)16-15/h3H,1-2,4,15H2,(H,16,17). The van der Waals surface area contributed by atoms with Crippen molar-refractivity contribution in [1.82, 2.24) is 5.43 Å². The van der Waals surface area contributed by atoms with Gasteiger partial charge in [0.1, 0.15) is 0 Å². The molecule has 0 saturated heterocycles. The van der Waals surface area contributed by atoms with Crippen molar-refractivity contribution < 1.29 is 31.8 Å². The lowest BCUT2D eigenvalue weighted by atomic mass is 10.3. The summed E-state index contributed by atoms with van der Waals surface area (Å²) >= 11 is 0. The molecule has 19 heavy (non-hydrogen) atoms. The Morgan fingerprint density at radius 1 is 1.21 bits per heavy atom. The minimum atomic E-state index is -1.66. The fraction of sp³-hybridized carbons (Fsp3) is 0.300. The fourth-order valence-corrected chi connectivity index (χ4v) is 1.07. The van der Waals surface area contributed by atoms with Gasteiger partial charge in [-0.3, -0.25) is 10.2 Å². The van der Waals surface area contributed by atoms with Crippen molar-refractivity contribution in [2.75, 3.05) is 13.4 Å². The highest BCUT2D eigenvalue weighted by atomic mass is 19.2. The Bertz CT molecular complexity index is 444. The summed E-state index contributed by atoms with van der Waals surface area (Å²) in [6, 6.07) is 0.0595. The highest BCUT2D eigenvalue weighted by molar-refractivity contribution is 5.75. The fourth-order valence-electron chi connectivity index (χ4n) is 1.07. The predicted octanol–water partition coefficient (Wildman–Crippen LogP) is 0.976. The molecule has 0 aromatic heterocycles. The molecule has 0 aliphatic carbocycles. The third-order valence-electron chi connectivity index (χ3n) is 1.99. The number of benzene rings is 1. The normalized spacial score (nSPS) is 10.4. The summed E-state index contributed by atoms with van der Waals surface area (Å²) in [5.74, 6) is -3.46. The zero-order valence-corrected chi connectivity index (χ0v) is 9.51. The van der Waals surface area contributed by atoms with E-state index in [1.54, 1.807) is 0 Å². The van der Waals surface area contributed by atoms with Crippen LogP contribution in [0.3, 0.4) is 0 Å². The molecule has 0 fully saturated rings. The lowest BCUT2D eigenvalue weighted by Gasteiger charge is -2.09. The van der Waals surface area contributed by atoms with Crippen LogP contribution >= 0.6 is 0 Å². The second-order valence-corrected chi connectivity index (χ2v) is 3.29. The molecule has 0 heterocycles. The number of hydrogen-bond donors (Lipinski definition) is 2. The summed E-state index contributed by atoms with van der Waals surface area (Å²) in [7, 11) is 0. The first-order chi connectivity index (χ1) is 8.97. The van der Waals surface area contributed by atoms with Crippen LogP contribution in [0.4, 0.5) is 17.6 Å². The third-order valence-corrected chi connectivity index (χ3v) is 1.99. The van der Waals surface area contributed by atoms with Gasteiger partial charge in [-0.15, -0.1) is 0 Å². The van der Waals surface area contributed by atoms with Crippen LogP contribution < -0.4 is 16.0 Å². The summed E-state index contributed by atoms with van der Waals surface area (Å²) in [5, 5.41) is 0. The molecule has 0 spiro atoms. The van der Waals surface area contributed by atoms with Crippen molar-refractivity contribution in [2.45, 2.75) is 6.42 Å². The quantitative estimate of drug-likeness (QED) is 0.155. The Balaban J connectivity index is 2.52. The summed E-state index contributed by atoms with van der Waals surface area (Å²) in [4.78, 5) is 10.7. The Morgan fingerprint density at radius 2 is 1.79 bits per heavy atom. The number of carbonyl (C=O) groups excluding carboxylic acids is 1. The van der Waals surface area contributed by atoms with Crippen molar-refractivity contribution in [2.24, 2.45) is 5.84 Å². The Labute approximate surface area is 105 Å². The Morgan fingerprint density at radius 3 is 2.32 bits per heavy atom. The molecule has 0 saturated carbocycles. The maximum absolute atomic E-state index is 13.1. The van der Waals surface area contributed by atoms with E-state index in [0.29, 0.717) is 0 Å². The largest absolute Gasteiger partial charge is 0.461 e. The molecule has 0 aliphatic heterocycles. The lowest BCUT2D eigenvalue weighted by Crippen LogP contribution is -2.30. The number of hydrazine groups is 1. The van der Waals surface area contributed by atoms with Crippen LogP contribution in [0.5, 0.6) is 5.75 Å². The molecule has 1 rings (SSSR count).